The van der Waals surface area contributed by atoms with Crippen LogP contribution in [-0.2, 0) is 0 Å². The van der Waals surface area contributed by atoms with Gasteiger partial charge in [0.2, 0.25) is 0 Å². The van der Waals surface area contributed by atoms with E-state index < -0.39 is 0 Å². The van der Waals surface area contributed by atoms with E-state index in [9.17, 15) is 0 Å². The summed E-state index contributed by atoms with van der Waals surface area (Å²) in [6, 6.07) is 0. The highest BCUT2D eigenvalue weighted by Crippen LogP contribution is 2.27. The van der Waals surface area contributed by atoms with Crippen LogP contribution >= 0.6 is 0 Å². The van der Waals surface area contributed by atoms with Crippen molar-refractivity contribution in [3.8, 4) is 0 Å². The van der Waals surface area contributed by atoms with Gasteiger partial charge in [0, 0.05) is 0 Å². The molecule has 0 aromatic rings. The quantitative estimate of drug-likeness (QED) is 0.505. The molecule has 0 spiro atoms. The van der Waals surface area contributed by atoms with Crippen molar-refractivity contribution in [2.24, 2.45) is 5.92 Å². The second-order valence-electron chi connectivity index (χ2n) is 4.94. The van der Waals surface area contributed by atoms with Gasteiger partial charge in [0.1, 0.15) is 0 Å². The molecular weight excluding hydrogens is 204 g/mol. The van der Waals surface area contributed by atoms with Crippen LogP contribution in [0.3, 0.4) is 0 Å². The minimum atomic E-state index is 0.569. The molecule has 0 atom stereocenters. The Labute approximate surface area is 108 Å². The van der Waals surface area contributed by atoms with Crippen molar-refractivity contribution in [2.45, 2.75) is 54.4 Å². The minimum Gasteiger partial charge on any atom is -0.0991 e. The van der Waals surface area contributed by atoms with Crippen LogP contribution in [-0.4, -0.2) is 0 Å². The van der Waals surface area contributed by atoms with Crippen LogP contribution in [0.25, 0.3) is 0 Å². The summed E-state index contributed by atoms with van der Waals surface area (Å²) in [4.78, 5) is 0. The summed E-state index contributed by atoms with van der Waals surface area (Å²) in [6.45, 7) is 17.1. The molecule has 0 unspecified atom stereocenters. The second kappa shape index (κ2) is 8.11. The normalized spacial score (nSPS) is 13.5. The lowest BCUT2D eigenvalue weighted by Crippen LogP contribution is -2.00. The van der Waals surface area contributed by atoms with Crippen LogP contribution in [0.15, 0.2) is 47.1 Å². The highest BCUT2D eigenvalue weighted by Gasteiger charge is 2.10. The van der Waals surface area contributed by atoms with E-state index in [1.807, 2.05) is 6.08 Å². The molecule has 0 aromatic heterocycles. The van der Waals surface area contributed by atoms with Crippen molar-refractivity contribution >= 4 is 0 Å². The minimum absolute atomic E-state index is 0.569. The molecule has 0 aliphatic rings. The standard InChI is InChI=1S/C17H28/c1-8-11-15(9-2)16(10-3)17(14(6)7)12-13(4)5/h8,11-12,14H,1,9-10H2,2-7H3/b15-11+,17-16-. The Hall–Kier alpha value is -1.04. The molecule has 0 rings (SSSR count). The molecule has 0 heterocycles. The topological polar surface area (TPSA) is 0 Å². The summed E-state index contributed by atoms with van der Waals surface area (Å²) in [5.41, 5.74) is 5.75. The second-order valence-corrected chi connectivity index (χ2v) is 4.94. The van der Waals surface area contributed by atoms with E-state index in [1.54, 1.807) is 0 Å². The highest BCUT2D eigenvalue weighted by atomic mass is 14.2. The molecule has 0 heteroatoms. The number of allylic oxidation sites excluding steroid dienone is 7. The molecule has 17 heavy (non-hydrogen) atoms. The van der Waals surface area contributed by atoms with Crippen molar-refractivity contribution < 1.29 is 0 Å². The number of hydrogen-bond donors (Lipinski definition) is 0. The van der Waals surface area contributed by atoms with E-state index in [0.717, 1.165) is 12.8 Å². The van der Waals surface area contributed by atoms with E-state index in [1.165, 1.54) is 22.3 Å². The zero-order valence-electron chi connectivity index (χ0n) is 12.4. The first-order valence-electron chi connectivity index (χ1n) is 6.67. The lowest BCUT2D eigenvalue weighted by molar-refractivity contribution is 0.768. The fourth-order valence-corrected chi connectivity index (χ4v) is 2.10. The van der Waals surface area contributed by atoms with Crippen LogP contribution in [0.5, 0.6) is 0 Å². The Morgan fingerprint density at radius 2 is 1.71 bits per heavy atom. The third kappa shape index (κ3) is 5.21. The van der Waals surface area contributed by atoms with Crippen LogP contribution in [0, 0.1) is 5.92 Å². The highest BCUT2D eigenvalue weighted by molar-refractivity contribution is 5.42. The smallest absolute Gasteiger partial charge is 0.0216 e. The zero-order chi connectivity index (χ0) is 13.4. The lowest BCUT2D eigenvalue weighted by atomic mass is 9.88. The molecule has 0 aromatic carbocycles. The Balaban J connectivity index is 5.73. The summed E-state index contributed by atoms with van der Waals surface area (Å²) < 4.78 is 0. The van der Waals surface area contributed by atoms with Gasteiger partial charge in [-0.3, -0.25) is 0 Å². The average molecular weight is 232 g/mol. The number of rotatable bonds is 6. The van der Waals surface area contributed by atoms with Crippen LogP contribution in [0.1, 0.15) is 54.4 Å². The first-order valence-corrected chi connectivity index (χ1v) is 6.67. The summed E-state index contributed by atoms with van der Waals surface area (Å²) in [5, 5.41) is 0. The Morgan fingerprint density at radius 3 is 2.00 bits per heavy atom. The maximum Gasteiger partial charge on any atom is -0.0216 e. The Kier molecular flexibility index (Phi) is 7.61. The third-order valence-electron chi connectivity index (χ3n) is 2.86. The van der Waals surface area contributed by atoms with Gasteiger partial charge in [0.05, 0.1) is 0 Å². The maximum atomic E-state index is 3.82. The fourth-order valence-electron chi connectivity index (χ4n) is 2.10. The van der Waals surface area contributed by atoms with Gasteiger partial charge < -0.3 is 0 Å². The van der Waals surface area contributed by atoms with Crippen molar-refractivity contribution in [3.05, 3.63) is 47.1 Å². The Morgan fingerprint density at radius 1 is 1.12 bits per heavy atom. The van der Waals surface area contributed by atoms with E-state index in [-0.39, 0.29) is 0 Å². The van der Waals surface area contributed by atoms with E-state index in [2.05, 4.69) is 60.3 Å². The third-order valence-corrected chi connectivity index (χ3v) is 2.86. The van der Waals surface area contributed by atoms with Crippen LogP contribution < -0.4 is 0 Å². The van der Waals surface area contributed by atoms with Crippen molar-refractivity contribution in [1.82, 2.24) is 0 Å². The van der Waals surface area contributed by atoms with Gasteiger partial charge in [-0.05, 0) is 49.3 Å². The van der Waals surface area contributed by atoms with Gasteiger partial charge in [-0.2, -0.15) is 0 Å². The van der Waals surface area contributed by atoms with E-state index in [0.29, 0.717) is 5.92 Å². The summed E-state index contributed by atoms with van der Waals surface area (Å²) in [6.07, 6.45) is 8.54. The van der Waals surface area contributed by atoms with Crippen molar-refractivity contribution in [3.63, 3.8) is 0 Å². The largest absolute Gasteiger partial charge is 0.0991 e. The Bertz CT molecular complexity index is 331. The van der Waals surface area contributed by atoms with Crippen molar-refractivity contribution in [2.75, 3.05) is 0 Å². The molecule has 0 N–H and O–H groups in total. The van der Waals surface area contributed by atoms with E-state index in [4.69, 9.17) is 0 Å². The first kappa shape index (κ1) is 16.0. The molecule has 0 amide bonds. The van der Waals surface area contributed by atoms with Gasteiger partial charge in [0.25, 0.3) is 0 Å². The average Bonchev–Trinajstić information content (AvgIpc) is 2.26. The molecule has 0 aliphatic carbocycles. The summed E-state index contributed by atoms with van der Waals surface area (Å²) in [7, 11) is 0. The molecule has 0 bridgehead atoms. The first-order chi connectivity index (χ1) is 7.97. The molecule has 0 fully saturated rings. The molecule has 96 valence electrons. The van der Waals surface area contributed by atoms with E-state index >= 15 is 0 Å². The zero-order valence-corrected chi connectivity index (χ0v) is 12.4. The van der Waals surface area contributed by atoms with Gasteiger partial charge in [-0.15, -0.1) is 0 Å². The maximum absolute atomic E-state index is 3.82. The molecule has 0 saturated heterocycles. The lowest BCUT2D eigenvalue weighted by Gasteiger charge is -2.17. The molecule has 0 saturated carbocycles. The predicted molar refractivity (Wildman–Crippen MR) is 80.2 cm³/mol. The fraction of sp³-hybridized carbons (Fsp3) is 0.529. The van der Waals surface area contributed by atoms with Gasteiger partial charge >= 0.3 is 0 Å². The summed E-state index contributed by atoms with van der Waals surface area (Å²) >= 11 is 0. The summed E-state index contributed by atoms with van der Waals surface area (Å²) in [5.74, 6) is 0.569. The SMILES string of the molecule is C=C/C=C(CC)/C(CC)=C(/C=C(C)C)C(C)C. The van der Waals surface area contributed by atoms with Gasteiger partial charge in [0.15, 0.2) is 0 Å². The monoisotopic (exact) mass is 232 g/mol. The molecule has 0 aliphatic heterocycles. The van der Waals surface area contributed by atoms with Gasteiger partial charge in [-0.1, -0.05) is 58.1 Å². The molecular formula is C17H28. The number of hydrogen-bond acceptors (Lipinski definition) is 0. The van der Waals surface area contributed by atoms with Gasteiger partial charge in [-0.25, -0.2) is 0 Å². The van der Waals surface area contributed by atoms with Crippen LogP contribution in [0.4, 0.5) is 0 Å². The molecule has 0 radical (unpaired) electrons. The van der Waals surface area contributed by atoms with Crippen LogP contribution in [0.2, 0.25) is 0 Å². The van der Waals surface area contributed by atoms with Crippen molar-refractivity contribution in [1.29, 1.82) is 0 Å². The predicted octanol–water partition coefficient (Wildman–Crippen LogP) is 5.84. The molecule has 0 nitrogen and oxygen atoms in total.